The Morgan fingerprint density at radius 3 is 2.60 bits per heavy atom. The quantitative estimate of drug-likeness (QED) is 0.897. The van der Waals surface area contributed by atoms with Gasteiger partial charge in [0.2, 0.25) is 0 Å². The minimum Gasteiger partial charge on any atom is -0.349 e. The second-order valence-corrected chi connectivity index (χ2v) is 7.32. The summed E-state index contributed by atoms with van der Waals surface area (Å²) in [5.41, 5.74) is 2.16. The molecule has 1 aromatic heterocycles. The molecule has 2 bridgehead atoms. The molecule has 2 aliphatic carbocycles. The van der Waals surface area contributed by atoms with Crippen LogP contribution in [0.3, 0.4) is 0 Å². The number of fused-ring (bicyclic) bond motifs is 2. The van der Waals surface area contributed by atoms with Crippen molar-refractivity contribution in [3.8, 4) is 0 Å². The molecule has 20 heavy (non-hydrogen) atoms. The van der Waals surface area contributed by atoms with Gasteiger partial charge in [0.1, 0.15) is 0 Å². The minimum absolute atomic E-state index is 0.0204. The van der Waals surface area contributed by atoms with Crippen LogP contribution in [0.1, 0.15) is 56.1 Å². The first-order valence-electron chi connectivity index (χ1n) is 7.58. The molecular formula is C17H24N2O. The van der Waals surface area contributed by atoms with E-state index in [0.717, 1.165) is 18.0 Å². The Hall–Kier alpha value is -1.38. The number of carbonyl (C=O) groups excluding carboxylic acids is 1. The van der Waals surface area contributed by atoms with E-state index in [1.165, 1.54) is 12.8 Å². The van der Waals surface area contributed by atoms with Gasteiger partial charge in [0.15, 0.2) is 0 Å². The molecule has 3 heteroatoms. The number of nitrogens with zero attached hydrogens (tertiary/aromatic N) is 1. The van der Waals surface area contributed by atoms with Gasteiger partial charge >= 0.3 is 0 Å². The number of aromatic nitrogens is 1. The molecule has 0 spiro atoms. The fourth-order valence-electron chi connectivity index (χ4n) is 4.27. The van der Waals surface area contributed by atoms with E-state index in [1.807, 2.05) is 19.1 Å². The monoisotopic (exact) mass is 272 g/mol. The van der Waals surface area contributed by atoms with Gasteiger partial charge < -0.3 is 5.32 Å². The van der Waals surface area contributed by atoms with Crippen molar-refractivity contribution in [2.45, 2.75) is 53.0 Å². The lowest BCUT2D eigenvalue weighted by molar-refractivity contribution is 0.0826. The first-order valence-corrected chi connectivity index (χ1v) is 7.58. The summed E-state index contributed by atoms with van der Waals surface area (Å²) in [4.78, 5) is 16.6. The van der Waals surface area contributed by atoms with Gasteiger partial charge in [-0.05, 0) is 55.1 Å². The largest absolute Gasteiger partial charge is 0.349 e. The molecule has 3 atom stereocenters. The Bertz CT molecular complexity index is 534. The lowest BCUT2D eigenvalue weighted by Gasteiger charge is -2.39. The van der Waals surface area contributed by atoms with Crippen LogP contribution in [-0.4, -0.2) is 16.9 Å². The van der Waals surface area contributed by atoms with E-state index in [2.05, 4.69) is 31.1 Å². The summed E-state index contributed by atoms with van der Waals surface area (Å²) in [5.74, 6) is 0.765. The fourth-order valence-corrected chi connectivity index (χ4v) is 4.27. The van der Waals surface area contributed by atoms with Crippen LogP contribution in [0.4, 0.5) is 0 Å². The van der Waals surface area contributed by atoms with E-state index in [9.17, 15) is 4.79 Å². The Labute approximate surface area is 121 Å². The number of hydrogen-bond acceptors (Lipinski definition) is 2. The molecular weight excluding hydrogens is 248 g/mol. The maximum absolute atomic E-state index is 12.4. The molecule has 0 aliphatic heterocycles. The molecule has 0 aromatic carbocycles. The Balaban J connectivity index is 1.76. The second kappa shape index (κ2) is 4.31. The summed E-state index contributed by atoms with van der Waals surface area (Å²) in [6, 6.07) is 4.05. The van der Waals surface area contributed by atoms with Crippen LogP contribution < -0.4 is 5.32 Å². The average molecular weight is 272 g/mol. The van der Waals surface area contributed by atoms with Gasteiger partial charge in [-0.25, -0.2) is 0 Å². The van der Waals surface area contributed by atoms with Crippen molar-refractivity contribution in [3.05, 3.63) is 29.6 Å². The predicted molar refractivity (Wildman–Crippen MR) is 79.5 cm³/mol. The van der Waals surface area contributed by atoms with Gasteiger partial charge in [0, 0.05) is 17.9 Å². The van der Waals surface area contributed by atoms with E-state index in [0.29, 0.717) is 17.0 Å². The number of carbonyl (C=O) groups is 1. The van der Waals surface area contributed by atoms with Crippen LogP contribution in [0.2, 0.25) is 0 Å². The molecule has 1 heterocycles. The van der Waals surface area contributed by atoms with E-state index in [1.54, 1.807) is 6.20 Å². The van der Waals surface area contributed by atoms with Crippen LogP contribution in [0, 0.1) is 23.7 Å². The molecule has 1 N–H and O–H groups in total. The zero-order valence-electron chi connectivity index (χ0n) is 12.9. The van der Waals surface area contributed by atoms with Gasteiger partial charge in [-0.1, -0.05) is 20.8 Å². The SMILES string of the molecule is Cc1ccc(C(=O)N[C@@H]2C[C@H]3CC[C@@]2(C)C3(C)C)cn1. The topological polar surface area (TPSA) is 42.0 Å². The van der Waals surface area contributed by atoms with Crippen molar-refractivity contribution < 1.29 is 4.79 Å². The van der Waals surface area contributed by atoms with Crippen molar-refractivity contribution in [1.82, 2.24) is 10.3 Å². The van der Waals surface area contributed by atoms with Crippen LogP contribution in [0.15, 0.2) is 18.3 Å². The highest BCUT2D eigenvalue weighted by atomic mass is 16.1. The van der Waals surface area contributed by atoms with Crippen LogP contribution in [-0.2, 0) is 0 Å². The minimum atomic E-state index is 0.0204. The molecule has 3 nitrogen and oxygen atoms in total. The number of aryl methyl sites for hydroxylation is 1. The lowest BCUT2D eigenvalue weighted by Crippen LogP contribution is -2.46. The highest BCUT2D eigenvalue weighted by Crippen LogP contribution is 2.65. The van der Waals surface area contributed by atoms with E-state index in [-0.39, 0.29) is 11.3 Å². The maximum atomic E-state index is 12.4. The molecule has 2 saturated carbocycles. The third-order valence-electron chi connectivity index (χ3n) is 6.27. The van der Waals surface area contributed by atoms with Crippen LogP contribution >= 0.6 is 0 Å². The van der Waals surface area contributed by atoms with Crippen LogP contribution in [0.25, 0.3) is 0 Å². The average Bonchev–Trinajstić information content (AvgIpc) is 2.72. The maximum Gasteiger partial charge on any atom is 0.253 e. The normalized spacial score (nSPS) is 34.2. The highest BCUT2D eigenvalue weighted by molar-refractivity contribution is 5.94. The van der Waals surface area contributed by atoms with E-state index >= 15 is 0 Å². The third-order valence-corrected chi connectivity index (χ3v) is 6.27. The number of nitrogens with one attached hydrogen (secondary N) is 1. The zero-order chi connectivity index (χ0) is 14.5. The predicted octanol–water partition coefficient (Wildman–Crippen LogP) is 3.33. The highest BCUT2D eigenvalue weighted by Gasteiger charge is 2.61. The van der Waals surface area contributed by atoms with Crippen molar-refractivity contribution in [1.29, 1.82) is 0 Å². The first-order chi connectivity index (χ1) is 9.34. The standard InChI is InChI=1S/C17H24N2O/c1-11-5-6-12(10-18-11)15(20)19-14-9-13-7-8-17(14,4)16(13,2)3/h5-6,10,13-14H,7-9H2,1-4H3,(H,19,20)/t13-,14-,17-/m1/s1. The summed E-state index contributed by atoms with van der Waals surface area (Å²) in [6.45, 7) is 9.01. The van der Waals surface area contributed by atoms with Crippen molar-refractivity contribution in [2.24, 2.45) is 16.7 Å². The summed E-state index contributed by atoms with van der Waals surface area (Å²) in [6.07, 6.45) is 5.32. The van der Waals surface area contributed by atoms with Gasteiger partial charge in [-0.15, -0.1) is 0 Å². The Morgan fingerprint density at radius 2 is 2.10 bits per heavy atom. The fraction of sp³-hybridized carbons (Fsp3) is 0.647. The molecule has 0 saturated heterocycles. The summed E-state index contributed by atoms with van der Waals surface area (Å²) < 4.78 is 0. The number of amides is 1. The number of pyridine rings is 1. The second-order valence-electron chi connectivity index (χ2n) is 7.32. The van der Waals surface area contributed by atoms with E-state index in [4.69, 9.17) is 0 Å². The molecule has 3 rings (SSSR count). The Morgan fingerprint density at radius 1 is 1.35 bits per heavy atom. The summed E-state index contributed by atoms with van der Waals surface area (Å²) >= 11 is 0. The smallest absolute Gasteiger partial charge is 0.253 e. The van der Waals surface area contributed by atoms with Crippen molar-refractivity contribution in [3.63, 3.8) is 0 Å². The molecule has 108 valence electrons. The molecule has 1 amide bonds. The van der Waals surface area contributed by atoms with Crippen molar-refractivity contribution >= 4 is 5.91 Å². The van der Waals surface area contributed by atoms with Gasteiger partial charge in [-0.3, -0.25) is 9.78 Å². The summed E-state index contributed by atoms with van der Waals surface area (Å²) in [5, 5.41) is 3.26. The van der Waals surface area contributed by atoms with E-state index < -0.39 is 0 Å². The van der Waals surface area contributed by atoms with Crippen molar-refractivity contribution in [2.75, 3.05) is 0 Å². The number of rotatable bonds is 2. The van der Waals surface area contributed by atoms with Crippen LogP contribution in [0.5, 0.6) is 0 Å². The number of hydrogen-bond donors (Lipinski definition) is 1. The van der Waals surface area contributed by atoms with Gasteiger partial charge in [-0.2, -0.15) is 0 Å². The Kier molecular flexibility index (Phi) is 2.93. The van der Waals surface area contributed by atoms with Gasteiger partial charge in [0.05, 0.1) is 5.56 Å². The third kappa shape index (κ3) is 1.79. The lowest BCUT2D eigenvalue weighted by atomic mass is 9.69. The first kappa shape index (κ1) is 13.6. The molecule has 2 aliphatic rings. The molecule has 0 unspecified atom stereocenters. The zero-order valence-corrected chi connectivity index (χ0v) is 12.9. The summed E-state index contributed by atoms with van der Waals surface area (Å²) in [7, 11) is 0. The molecule has 0 radical (unpaired) electrons. The molecule has 1 aromatic rings. The van der Waals surface area contributed by atoms with Gasteiger partial charge in [0.25, 0.3) is 5.91 Å². The molecule has 2 fully saturated rings.